The van der Waals surface area contributed by atoms with Crippen molar-refractivity contribution in [2.24, 2.45) is 0 Å². The van der Waals surface area contributed by atoms with E-state index in [0.717, 1.165) is 11.7 Å². The van der Waals surface area contributed by atoms with Gasteiger partial charge in [-0.15, -0.1) is 0 Å². The Balaban J connectivity index is 2.93. The van der Waals surface area contributed by atoms with Gasteiger partial charge in [-0.05, 0) is 0 Å². The van der Waals surface area contributed by atoms with Crippen molar-refractivity contribution in [2.45, 2.75) is 5.03 Å². The standard InChI is InChI=1S/C2H2N2O2S2/c5-8(6)2-1-3-7-4-2/h1H,(H,5,6). The Bertz CT molecular complexity index is 184. The Kier molecular flexibility index (Phi) is 1.66. The quantitative estimate of drug-likeness (QED) is 0.577. The third-order valence-electron chi connectivity index (χ3n) is 0.520. The van der Waals surface area contributed by atoms with E-state index in [0.29, 0.717) is 0 Å². The van der Waals surface area contributed by atoms with Crippen LogP contribution in [0.25, 0.3) is 0 Å². The van der Waals surface area contributed by atoms with Gasteiger partial charge in [0.2, 0.25) is 11.1 Å². The first-order chi connectivity index (χ1) is 3.80. The summed E-state index contributed by atoms with van der Waals surface area (Å²) in [6.45, 7) is 0. The lowest BCUT2D eigenvalue weighted by Gasteiger charge is -1.76. The van der Waals surface area contributed by atoms with E-state index in [9.17, 15) is 4.21 Å². The van der Waals surface area contributed by atoms with Crippen LogP contribution in [-0.2, 0) is 11.1 Å². The topological polar surface area (TPSA) is 63.1 Å². The molecule has 1 aromatic rings. The molecule has 0 aliphatic carbocycles. The van der Waals surface area contributed by atoms with Gasteiger partial charge in [0.1, 0.15) is 0 Å². The van der Waals surface area contributed by atoms with Crippen molar-refractivity contribution in [1.82, 2.24) is 8.75 Å². The predicted octanol–water partition coefficient (Wildman–Crippen LogP) is 0.119. The van der Waals surface area contributed by atoms with Crippen molar-refractivity contribution in [1.29, 1.82) is 0 Å². The van der Waals surface area contributed by atoms with E-state index in [4.69, 9.17) is 4.55 Å². The molecule has 0 saturated heterocycles. The second-order valence-electron chi connectivity index (χ2n) is 0.995. The molecular weight excluding hydrogens is 148 g/mol. The van der Waals surface area contributed by atoms with E-state index in [1.165, 1.54) is 6.20 Å². The SMILES string of the molecule is O=S(O)c1cnsn1. The van der Waals surface area contributed by atoms with Crippen LogP contribution in [0.2, 0.25) is 0 Å². The number of aromatic nitrogens is 2. The monoisotopic (exact) mass is 150 g/mol. The molecule has 1 aromatic heterocycles. The fourth-order valence-corrected chi connectivity index (χ4v) is 1.12. The van der Waals surface area contributed by atoms with Gasteiger partial charge in [-0.3, -0.25) is 0 Å². The second kappa shape index (κ2) is 2.29. The Morgan fingerprint density at radius 2 is 2.62 bits per heavy atom. The summed E-state index contributed by atoms with van der Waals surface area (Å²) in [6.07, 6.45) is 1.26. The predicted molar refractivity (Wildman–Crippen MR) is 28.9 cm³/mol. The maximum Gasteiger partial charge on any atom is 0.208 e. The van der Waals surface area contributed by atoms with Crippen LogP contribution < -0.4 is 0 Å². The van der Waals surface area contributed by atoms with Crippen molar-refractivity contribution < 1.29 is 8.76 Å². The fraction of sp³-hybridized carbons (Fsp3) is 0. The molecular formula is C2H2N2O2S2. The largest absolute Gasteiger partial charge is 0.301 e. The van der Waals surface area contributed by atoms with Gasteiger partial charge in [0.05, 0.1) is 17.9 Å². The molecule has 4 nitrogen and oxygen atoms in total. The molecule has 6 heteroatoms. The van der Waals surface area contributed by atoms with E-state index in [1.54, 1.807) is 0 Å². The minimum atomic E-state index is -1.96. The van der Waals surface area contributed by atoms with Gasteiger partial charge in [-0.25, -0.2) is 4.21 Å². The lowest BCUT2D eigenvalue weighted by atomic mass is 11.0. The third-order valence-corrected chi connectivity index (χ3v) is 1.67. The zero-order valence-corrected chi connectivity index (χ0v) is 5.28. The molecule has 0 fully saturated rings. The van der Waals surface area contributed by atoms with Gasteiger partial charge >= 0.3 is 0 Å². The highest BCUT2D eigenvalue weighted by Crippen LogP contribution is 1.97. The number of hydrogen-bond donors (Lipinski definition) is 1. The molecule has 1 N–H and O–H groups in total. The van der Waals surface area contributed by atoms with Crippen molar-refractivity contribution in [3.8, 4) is 0 Å². The molecule has 1 atom stereocenters. The molecule has 0 spiro atoms. The van der Waals surface area contributed by atoms with Crippen molar-refractivity contribution in [3.05, 3.63) is 6.20 Å². The van der Waals surface area contributed by atoms with Crippen molar-refractivity contribution in [3.63, 3.8) is 0 Å². The van der Waals surface area contributed by atoms with Gasteiger partial charge in [0, 0.05) is 0 Å². The average molecular weight is 150 g/mol. The van der Waals surface area contributed by atoms with Crippen LogP contribution in [-0.4, -0.2) is 17.5 Å². The Morgan fingerprint density at radius 1 is 1.88 bits per heavy atom. The number of hydrogen-bond acceptors (Lipinski definition) is 4. The van der Waals surface area contributed by atoms with E-state index >= 15 is 0 Å². The van der Waals surface area contributed by atoms with Gasteiger partial charge < -0.3 is 4.55 Å². The summed E-state index contributed by atoms with van der Waals surface area (Å²) >= 11 is -1.05. The summed E-state index contributed by atoms with van der Waals surface area (Å²) in [6, 6.07) is 0. The summed E-state index contributed by atoms with van der Waals surface area (Å²) in [4.78, 5) is 0. The normalized spacial score (nSPS) is 13.6. The van der Waals surface area contributed by atoms with Crippen molar-refractivity contribution in [2.75, 3.05) is 0 Å². The lowest BCUT2D eigenvalue weighted by molar-refractivity contribution is 0.561. The van der Waals surface area contributed by atoms with Gasteiger partial charge in [0.15, 0.2) is 5.03 Å². The fourth-order valence-electron chi connectivity index (χ4n) is 0.233. The van der Waals surface area contributed by atoms with Gasteiger partial charge in [-0.2, -0.15) is 8.75 Å². The highest BCUT2D eigenvalue weighted by atomic mass is 32.2. The summed E-state index contributed by atoms with van der Waals surface area (Å²) in [7, 11) is 0. The maximum atomic E-state index is 10.1. The van der Waals surface area contributed by atoms with Gasteiger partial charge in [0.25, 0.3) is 0 Å². The first kappa shape index (κ1) is 5.80. The molecule has 1 heterocycles. The summed E-state index contributed by atoms with van der Waals surface area (Å²) in [5.74, 6) is 0. The van der Waals surface area contributed by atoms with Crippen LogP contribution in [0, 0.1) is 0 Å². The molecule has 44 valence electrons. The van der Waals surface area contributed by atoms with E-state index in [2.05, 4.69) is 8.75 Å². The number of nitrogens with zero attached hydrogens (tertiary/aromatic N) is 2. The van der Waals surface area contributed by atoms with Gasteiger partial charge in [-0.1, -0.05) is 0 Å². The first-order valence-corrected chi connectivity index (χ1v) is 3.53. The molecule has 0 radical (unpaired) electrons. The number of rotatable bonds is 1. The van der Waals surface area contributed by atoms with E-state index in [-0.39, 0.29) is 5.03 Å². The van der Waals surface area contributed by atoms with Crippen LogP contribution in [0.15, 0.2) is 11.2 Å². The molecule has 0 bridgehead atoms. The highest BCUT2D eigenvalue weighted by Gasteiger charge is 1.99. The lowest BCUT2D eigenvalue weighted by Crippen LogP contribution is -1.85. The van der Waals surface area contributed by atoms with Crippen molar-refractivity contribution >= 4 is 22.8 Å². The van der Waals surface area contributed by atoms with E-state index in [1.807, 2.05) is 0 Å². The third kappa shape index (κ3) is 1.09. The Labute approximate surface area is 52.2 Å². The molecule has 8 heavy (non-hydrogen) atoms. The molecule has 1 unspecified atom stereocenters. The smallest absolute Gasteiger partial charge is 0.208 e. The first-order valence-electron chi connectivity index (χ1n) is 1.69. The molecule has 0 aliphatic heterocycles. The molecule has 0 saturated carbocycles. The maximum absolute atomic E-state index is 10.1. The Hall–Kier alpha value is -0.330. The molecule has 0 aliphatic rings. The second-order valence-corrected chi connectivity index (χ2v) is 2.47. The van der Waals surface area contributed by atoms with Crippen LogP contribution in [0.1, 0.15) is 0 Å². The average Bonchev–Trinajstić information content (AvgIpc) is 2.12. The van der Waals surface area contributed by atoms with Crippen LogP contribution >= 0.6 is 11.7 Å². The minimum absolute atomic E-state index is 0.120. The van der Waals surface area contributed by atoms with Crippen LogP contribution in [0.3, 0.4) is 0 Å². The zero-order chi connectivity index (χ0) is 5.98. The highest BCUT2D eigenvalue weighted by molar-refractivity contribution is 7.79. The zero-order valence-electron chi connectivity index (χ0n) is 3.64. The van der Waals surface area contributed by atoms with E-state index < -0.39 is 11.1 Å². The summed E-state index contributed by atoms with van der Waals surface area (Å²) in [5, 5.41) is 0.120. The van der Waals surface area contributed by atoms with Crippen LogP contribution in [0.5, 0.6) is 0 Å². The summed E-state index contributed by atoms with van der Waals surface area (Å²) in [5.41, 5.74) is 0. The Morgan fingerprint density at radius 3 is 2.88 bits per heavy atom. The summed E-state index contributed by atoms with van der Waals surface area (Å²) < 4.78 is 25.4. The molecule has 0 aromatic carbocycles. The minimum Gasteiger partial charge on any atom is -0.301 e. The molecule has 1 rings (SSSR count). The molecule has 0 amide bonds. The van der Waals surface area contributed by atoms with Crippen LogP contribution in [0.4, 0.5) is 0 Å².